The zero-order valence-corrected chi connectivity index (χ0v) is 16.7. The Hall–Kier alpha value is -2.64. The number of thiophene rings is 1. The molecule has 0 saturated carbocycles. The topological polar surface area (TPSA) is 69.8 Å². The van der Waals surface area contributed by atoms with Crippen LogP contribution in [0.15, 0.2) is 48.0 Å². The summed E-state index contributed by atoms with van der Waals surface area (Å²) in [6, 6.07) is 12.4. The molecule has 3 aromatic heterocycles. The minimum absolute atomic E-state index is 0.0907. The minimum Gasteiger partial charge on any atom is -0.378 e. The van der Waals surface area contributed by atoms with Gasteiger partial charge in [0.05, 0.1) is 11.3 Å². The van der Waals surface area contributed by atoms with Crippen LogP contribution in [0.2, 0.25) is 0 Å². The Balaban J connectivity index is 1.63. The van der Waals surface area contributed by atoms with Gasteiger partial charge in [0, 0.05) is 41.5 Å². The summed E-state index contributed by atoms with van der Waals surface area (Å²) in [6.07, 6.45) is 2.05. The molecular formula is C20H20N4OS2. The lowest BCUT2D eigenvalue weighted by atomic mass is 9.96. The second-order valence-corrected chi connectivity index (χ2v) is 8.04. The van der Waals surface area contributed by atoms with Gasteiger partial charge in [0.2, 0.25) is 0 Å². The van der Waals surface area contributed by atoms with Crippen LogP contribution in [0, 0.1) is 6.92 Å². The highest BCUT2D eigenvalue weighted by Crippen LogP contribution is 2.33. The van der Waals surface area contributed by atoms with Gasteiger partial charge in [-0.25, -0.2) is 0 Å². The summed E-state index contributed by atoms with van der Waals surface area (Å²) in [6.45, 7) is 2.39. The molecule has 0 aliphatic rings. The smallest absolute Gasteiger partial charge is 0.256 e. The third kappa shape index (κ3) is 3.36. The van der Waals surface area contributed by atoms with Crippen LogP contribution in [0.5, 0.6) is 0 Å². The Morgan fingerprint density at radius 3 is 2.89 bits per heavy atom. The van der Waals surface area contributed by atoms with Gasteiger partial charge in [-0.3, -0.25) is 4.79 Å². The van der Waals surface area contributed by atoms with Crippen LogP contribution in [-0.4, -0.2) is 28.9 Å². The number of carbonyl (C=O) groups is 1. The number of benzene rings is 1. The van der Waals surface area contributed by atoms with Crippen molar-refractivity contribution in [2.45, 2.75) is 12.8 Å². The van der Waals surface area contributed by atoms with Crippen molar-refractivity contribution in [1.82, 2.24) is 14.7 Å². The molecule has 5 nitrogen and oxygen atoms in total. The molecule has 0 fully saturated rings. The number of aromatic nitrogens is 2. The number of fused-ring (bicyclic) bond motifs is 1. The highest BCUT2D eigenvalue weighted by molar-refractivity contribution is 7.10. The monoisotopic (exact) mass is 396 g/mol. The number of H-pyrrole nitrogens is 1. The lowest BCUT2D eigenvalue weighted by Gasteiger charge is -2.16. The highest BCUT2D eigenvalue weighted by atomic mass is 32.1. The minimum atomic E-state index is -0.0907. The van der Waals surface area contributed by atoms with E-state index in [4.69, 9.17) is 0 Å². The SMILES string of the molecule is CNc1snc(C)c1C(=O)NCC(c1cccs1)c1c[nH]c2ccccc12. The summed E-state index contributed by atoms with van der Waals surface area (Å²) >= 11 is 3.02. The molecule has 0 aliphatic carbocycles. The molecule has 1 atom stereocenters. The fourth-order valence-corrected chi connectivity index (χ4v) is 4.91. The van der Waals surface area contributed by atoms with E-state index in [1.807, 2.05) is 26.1 Å². The average molecular weight is 397 g/mol. The summed E-state index contributed by atoms with van der Waals surface area (Å²) in [4.78, 5) is 17.4. The Kier molecular flexibility index (Phi) is 4.96. The van der Waals surface area contributed by atoms with E-state index in [0.29, 0.717) is 12.1 Å². The van der Waals surface area contributed by atoms with E-state index < -0.39 is 0 Å². The first-order valence-electron chi connectivity index (χ1n) is 8.70. The van der Waals surface area contributed by atoms with Crippen molar-refractivity contribution in [3.8, 4) is 0 Å². The Bertz CT molecular complexity index is 1060. The quantitative estimate of drug-likeness (QED) is 0.446. The van der Waals surface area contributed by atoms with E-state index in [9.17, 15) is 4.79 Å². The Labute approximate surface area is 165 Å². The van der Waals surface area contributed by atoms with Gasteiger partial charge < -0.3 is 15.6 Å². The van der Waals surface area contributed by atoms with Crippen molar-refractivity contribution in [3.63, 3.8) is 0 Å². The van der Waals surface area contributed by atoms with Crippen molar-refractivity contribution in [3.05, 3.63) is 69.7 Å². The van der Waals surface area contributed by atoms with Crippen molar-refractivity contribution in [2.24, 2.45) is 0 Å². The number of hydrogen-bond donors (Lipinski definition) is 3. The van der Waals surface area contributed by atoms with Gasteiger partial charge >= 0.3 is 0 Å². The molecule has 0 aliphatic heterocycles. The van der Waals surface area contributed by atoms with Crippen LogP contribution in [0.3, 0.4) is 0 Å². The molecule has 1 unspecified atom stereocenters. The molecule has 0 bridgehead atoms. The molecule has 27 heavy (non-hydrogen) atoms. The van der Waals surface area contributed by atoms with E-state index >= 15 is 0 Å². The van der Waals surface area contributed by atoms with Crippen LogP contribution in [-0.2, 0) is 0 Å². The van der Waals surface area contributed by atoms with Crippen molar-refractivity contribution in [1.29, 1.82) is 0 Å². The molecule has 0 spiro atoms. The number of aryl methyl sites for hydroxylation is 1. The summed E-state index contributed by atoms with van der Waals surface area (Å²) < 4.78 is 4.29. The second kappa shape index (κ2) is 7.54. The lowest BCUT2D eigenvalue weighted by molar-refractivity contribution is 0.0953. The van der Waals surface area contributed by atoms with Gasteiger partial charge in [-0.1, -0.05) is 24.3 Å². The van der Waals surface area contributed by atoms with Gasteiger partial charge in [-0.15, -0.1) is 11.3 Å². The molecule has 1 aromatic carbocycles. The normalized spacial score (nSPS) is 12.2. The van der Waals surface area contributed by atoms with Crippen LogP contribution >= 0.6 is 22.9 Å². The molecule has 1 amide bonds. The number of nitrogens with zero attached hydrogens (tertiary/aromatic N) is 1. The van der Waals surface area contributed by atoms with E-state index in [2.05, 4.69) is 55.8 Å². The summed E-state index contributed by atoms with van der Waals surface area (Å²) in [7, 11) is 1.81. The predicted molar refractivity (Wildman–Crippen MR) is 113 cm³/mol. The number of carbonyl (C=O) groups excluding carboxylic acids is 1. The number of nitrogens with one attached hydrogen (secondary N) is 3. The fraction of sp³-hybridized carbons (Fsp3) is 0.200. The van der Waals surface area contributed by atoms with Gasteiger partial charge in [0.15, 0.2) is 0 Å². The molecule has 0 radical (unpaired) electrons. The van der Waals surface area contributed by atoms with Gasteiger partial charge in [-0.2, -0.15) is 4.37 Å². The molecule has 3 heterocycles. The van der Waals surface area contributed by atoms with Gasteiger partial charge in [-0.05, 0) is 41.5 Å². The average Bonchev–Trinajstić information content (AvgIpc) is 3.42. The predicted octanol–water partition coefficient (Wildman–Crippen LogP) is 4.60. The molecule has 138 valence electrons. The zero-order valence-electron chi connectivity index (χ0n) is 15.1. The number of aromatic amines is 1. The molecule has 7 heteroatoms. The van der Waals surface area contributed by atoms with Crippen molar-refractivity contribution in [2.75, 3.05) is 18.9 Å². The van der Waals surface area contributed by atoms with Crippen LogP contribution in [0.25, 0.3) is 10.9 Å². The third-order valence-corrected chi connectivity index (χ3v) is 6.61. The number of amides is 1. The molecular weight excluding hydrogens is 376 g/mol. The van der Waals surface area contributed by atoms with Crippen LogP contribution in [0.1, 0.15) is 32.4 Å². The van der Waals surface area contributed by atoms with Crippen molar-refractivity contribution >= 4 is 44.7 Å². The lowest BCUT2D eigenvalue weighted by Crippen LogP contribution is -2.29. The molecule has 0 saturated heterocycles. The summed E-state index contributed by atoms with van der Waals surface area (Å²) in [5.74, 6) is 0.00188. The fourth-order valence-electron chi connectivity index (χ4n) is 3.33. The summed E-state index contributed by atoms with van der Waals surface area (Å²) in [5.41, 5.74) is 3.69. The maximum Gasteiger partial charge on any atom is 0.256 e. The number of para-hydroxylation sites is 1. The Morgan fingerprint density at radius 1 is 1.26 bits per heavy atom. The molecule has 3 N–H and O–H groups in total. The molecule has 4 rings (SSSR count). The standard InChI is InChI=1S/C20H20N4OS2/c1-12-18(20(21-2)27-24-12)19(25)23-11-15(17-8-5-9-26-17)14-10-22-16-7-4-3-6-13(14)16/h3-10,15,21-22H,11H2,1-2H3,(H,23,25). The number of rotatable bonds is 6. The van der Waals surface area contributed by atoms with E-state index in [0.717, 1.165) is 16.2 Å². The van der Waals surface area contributed by atoms with Gasteiger partial charge in [0.25, 0.3) is 5.91 Å². The first-order valence-corrected chi connectivity index (χ1v) is 10.4. The van der Waals surface area contributed by atoms with Crippen molar-refractivity contribution < 1.29 is 4.79 Å². The van der Waals surface area contributed by atoms with E-state index in [-0.39, 0.29) is 11.8 Å². The van der Waals surface area contributed by atoms with E-state index in [1.54, 1.807) is 11.3 Å². The largest absolute Gasteiger partial charge is 0.378 e. The number of hydrogen-bond acceptors (Lipinski definition) is 5. The maximum absolute atomic E-state index is 12.8. The highest BCUT2D eigenvalue weighted by Gasteiger charge is 2.22. The third-order valence-electron chi connectivity index (χ3n) is 4.67. The first-order chi connectivity index (χ1) is 13.2. The Morgan fingerprint density at radius 2 is 2.11 bits per heavy atom. The molecule has 4 aromatic rings. The summed E-state index contributed by atoms with van der Waals surface area (Å²) in [5, 5.41) is 10.2. The second-order valence-electron chi connectivity index (χ2n) is 6.29. The van der Waals surface area contributed by atoms with Crippen LogP contribution in [0.4, 0.5) is 5.00 Å². The first kappa shape index (κ1) is 17.8. The van der Waals surface area contributed by atoms with E-state index in [1.165, 1.54) is 27.4 Å². The number of anilines is 1. The maximum atomic E-state index is 12.8. The zero-order chi connectivity index (χ0) is 18.8. The van der Waals surface area contributed by atoms with Crippen LogP contribution < -0.4 is 10.6 Å². The van der Waals surface area contributed by atoms with Gasteiger partial charge in [0.1, 0.15) is 5.00 Å².